The first-order valence-corrected chi connectivity index (χ1v) is 5.30. The maximum atomic E-state index is 5.49. The number of anilines is 1. The number of benzene rings is 1. The van der Waals surface area contributed by atoms with Crippen LogP contribution in [0.15, 0.2) is 34.9 Å². The Labute approximate surface area is 95.3 Å². The van der Waals surface area contributed by atoms with Gasteiger partial charge in [0.2, 0.25) is 5.88 Å². The predicted molar refractivity (Wildman–Crippen MR) is 65.1 cm³/mol. The van der Waals surface area contributed by atoms with Gasteiger partial charge in [0.05, 0.1) is 0 Å². The van der Waals surface area contributed by atoms with Crippen LogP contribution < -0.4 is 5.73 Å². The second-order valence-electron chi connectivity index (χ2n) is 4.94. The summed E-state index contributed by atoms with van der Waals surface area (Å²) >= 11 is 0. The summed E-state index contributed by atoms with van der Waals surface area (Å²) in [7, 11) is 0. The normalized spacial score (nSPS) is 11.7. The molecule has 2 N–H and O–H groups in total. The molecule has 3 nitrogen and oxygen atoms in total. The van der Waals surface area contributed by atoms with Gasteiger partial charge in [-0.25, -0.2) is 0 Å². The number of nitrogen functional groups attached to an aromatic ring is 1. The molecule has 0 saturated carbocycles. The largest absolute Gasteiger partial charge is 0.368 e. The van der Waals surface area contributed by atoms with Crippen LogP contribution in [0.3, 0.4) is 0 Å². The molecule has 0 amide bonds. The Morgan fingerprint density at radius 2 is 1.75 bits per heavy atom. The number of hydrogen-bond acceptors (Lipinski definition) is 3. The van der Waals surface area contributed by atoms with Gasteiger partial charge in [-0.1, -0.05) is 50.2 Å². The van der Waals surface area contributed by atoms with E-state index in [0.29, 0.717) is 5.88 Å². The fourth-order valence-electron chi connectivity index (χ4n) is 1.57. The minimum atomic E-state index is 0.168. The van der Waals surface area contributed by atoms with E-state index in [1.54, 1.807) is 6.07 Å². The molecule has 1 aromatic heterocycles. The van der Waals surface area contributed by atoms with Crippen LogP contribution in [-0.2, 0) is 5.41 Å². The Morgan fingerprint density at radius 1 is 1.12 bits per heavy atom. The SMILES string of the molecule is CC(C)(C)c1ccc(-c2cc(N)on2)cc1. The average Bonchev–Trinajstić information content (AvgIpc) is 2.64. The minimum Gasteiger partial charge on any atom is -0.368 e. The average molecular weight is 216 g/mol. The van der Waals surface area contributed by atoms with Gasteiger partial charge in [-0.3, -0.25) is 0 Å². The Balaban J connectivity index is 2.33. The molecule has 0 saturated heterocycles. The molecule has 0 spiro atoms. The minimum absolute atomic E-state index is 0.168. The van der Waals surface area contributed by atoms with Crippen molar-refractivity contribution in [1.82, 2.24) is 5.16 Å². The van der Waals surface area contributed by atoms with E-state index in [2.05, 4.69) is 38.1 Å². The predicted octanol–water partition coefficient (Wildman–Crippen LogP) is 3.22. The Morgan fingerprint density at radius 3 is 2.19 bits per heavy atom. The molecule has 0 aliphatic rings. The zero-order valence-corrected chi connectivity index (χ0v) is 9.82. The first-order chi connectivity index (χ1) is 7.47. The van der Waals surface area contributed by atoms with E-state index in [4.69, 9.17) is 10.3 Å². The summed E-state index contributed by atoms with van der Waals surface area (Å²) in [5.74, 6) is 0.342. The molecule has 1 heterocycles. The lowest BCUT2D eigenvalue weighted by molar-refractivity contribution is 0.439. The number of hydrogen-bond donors (Lipinski definition) is 1. The summed E-state index contributed by atoms with van der Waals surface area (Å²) in [6.07, 6.45) is 0. The highest BCUT2D eigenvalue weighted by Gasteiger charge is 2.13. The second-order valence-corrected chi connectivity index (χ2v) is 4.94. The van der Waals surface area contributed by atoms with Crippen LogP contribution in [0.1, 0.15) is 26.3 Å². The van der Waals surface area contributed by atoms with Crippen LogP contribution in [0.5, 0.6) is 0 Å². The molecule has 0 fully saturated rings. The van der Waals surface area contributed by atoms with Crippen LogP contribution >= 0.6 is 0 Å². The van der Waals surface area contributed by atoms with Crippen molar-refractivity contribution in [2.45, 2.75) is 26.2 Å². The molecule has 0 bridgehead atoms. The van der Waals surface area contributed by atoms with Gasteiger partial charge >= 0.3 is 0 Å². The van der Waals surface area contributed by atoms with Gasteiger partial charge in [-0.2, -0.15) is 0 Å². The smallest absolute Gasteiger partial charge is 0.222 e. The van der Waals surface area contributed by atoms with Crippen molar-refractivity contribution in [3.05, 3.63) is 35.9 Å². The van der Waals surface area contributed by atoms with Crippen LogP contribution in [0, 0.1) is 0 Å². The molecule has 0 aliphatic heterocycles. The van der Waals surface area contributed by atoms with Crippen molar-refractivity contribution < 1.29 is 4.52 Å². The standard InChI is InChI=1S/C13H16N2O/c1-13(2,3)10-6-4-9(5-7-10)11-8-12(14)16-15-11/h4-8H,14H2,1-3H3. The Bertz CT molecular complexity index is 477. The molecule has 16 heavy (non-hydrogen) atoms. The quantitative estimate of drug-likeness (QED) is 0.796. The number of nitrogens with zero attached hydrogens (tertiary/aromatic N) is 1. The van der Waals surface area contributed by atoms with E-state index >= 15 is 0 Å². The van der Waals surface area contributed by atoms with E-state index in [1.807, 2.05) is 12.1 Å². The zero-order chi connectivity index (χ0) is 11.8. The molecule has 84 valence electrons. The maximum Gasteiger partial charge on any atom is 0.222 e. The third-order valence-corrected chi connectivity index (χ3v) is 2.58. The van der Waals surface area contributed by atoms with Crippen molar-refractivity contribution in [2.24, 2.45) is 0 Å². The van der Waals surface area contributed by atoms with E-state index in [-0.39, 0.29) is 5.41 Å². The van der Waals surface area contributed by atoms with Crippen molar-refractivity contribution in [2.75, 3.05) is 5.73 Å². The van der Waals surface area contributed by atoms with Crippen LogP contribution in [0.4, 0.5) is 5.88 Å². The van der Waals surface area contributed by atoms with Gasteiger partial charge < -0.3 is 10.3 Å². The first kappa shape index (κ1) is 10.7. The zero-order valence-electron chi connectivity index (χ0n) is 9.82. The summed E-state index contributed by atoms with van der Waals surface area (Å²) in [5.41, 5.74) is 8.75. The van der Waals surface area contributed by atoms with Gasteiger partial charge in [-0.05, 0) is 11.0 Å². The molecule has 0 radical (unpaired) electrons. The van der Waals surface area contributed by atoms with Gasteiger partial charge in [-0.15, -0.1) is 0 Å². The molecule has 2 aromatic rings. The van der Waals surface area contributed by atoms with E-state index in [1.165, 1.54) is 5.56 Å². The third kappa shape index (κ3) is 2.08. The molecule has 0 aliphatic carbocycles. The van der Waals surface area contributed by atoms with E-state index in [0.717, 1.165) is 11.3 Å². The molecule has 1 aromatic carbocycles. The van der Waals surface area contributed by atoms with Crippen LogP contribution in [0.2, 0.25) is 0 Å². The molecular weight excluding hydrogens is 200 g/mol. The van der Waals surface area contributed by atoms with Crippen molar-refractivity contribution in [3.63, 3.8) is 0 Å². The van der Waals surface area contributed by atoms with Crippen LogP contribution in [0.25, 0.3) is 11.3 Å². The van der Waals surface area contributed by atoms with Gasteiger partial charge in [0.1, 0.15) is 5.69 Å². The maximum absolute atomic E-state index is 5.49. The molecule has 0 unspecified atom stereocenters. The van der Waals surface area contributed by atoms with Crippen molar-refractivity contribution in [1.29, 1.82) is 0 Å². The Hall–Kier alpha value is -1.77. The first-order valence-electron chi connectivity index (χ1n) is 5.30. The summed E-state index contributed by atoms with van der Waals surface area (Å²) in [6, 6.07) is 10.0. The summed E-state index contributed by atoms with van der Waals surface area (Å²) in [4.78, 5) is 0. The number of aromatic nitrogens is 1. The van der Waals surface area contributed by atoms with Gasteiger partial charge in [0.15, 0.2) is 0 Å². The van der Waals surface area contributed by atoms with Crippen LogP contribution in [-0.4, -0.2) is 5.16 Å². The molecule has 3 heteroatoms. The lowest BCUT2D eigenvalue weighted by Gasteiger charge is -2.18. The fraction of sp³-hybridized carbons (Fsp3) is 0.308. The summed E-state index contributed by atoms with van der Waals surface area (Å²) in [5, 5.41) is 3.88. The second kappa shape index (κ2) is 3.67. The molecular formula is C13H16N2O. The lowest BCUT2D eigenvalue weighted by atomic mass is 9.86. The molecule has 0 atom stereocenters. The summed E-state index contributed by atoms with van der Waals surface area (Å²) in [6.45, 7) is 6.57. The lowest BCUT2D eigenvalue weighted by Crippen LogP contribution is -2.10. The third-order valence-electron chi connectivity index (χ3n) is 2.58. The monoisotopic (exact) mass is 216 g/mol. The number of rotatable bonds is 1. The van der Waals surface area contributed by atoms with E-state index < -0.39 is 0 Å². The van der Waals surface area contributed by atoms with Crippen molar-refractivity contribution in [3.8, 4) is 11.3 Å². The molecule has 2 rings (SSSR count). The highest BCUT2D eigenvalue weighted by Crippen LogP contribution is 2.26. The fourth-order valence-corrected chi connectivity index (χ4v) is 1.57. The van der Waals surface area contributed by atoms with Crippen molar-refractivity contribution >= 4 is 5.88 Å². The number of nitrogens with two attached hydrogens (primary N) is 1. The topological polar surface area (TPSA) is 52.0 Å². The van der Waals surface area contributed by atoms with Gasteiger partial charge in [0, 0.05) is 11.6 Å². The van der Waals surface area contributed by atoms with Gasteiger partial charge in [0.25, 0.3) is 0 Å². The highest BCUT2D eigenvalue weighted by atomic mass is 16.5. The Kier molecular flexibility index (Phi) is 2.46. The van der Waals surface area contributed by atoms with E-state index in [9.17, 15) is 0 Å². The highest BCUT2D eigenvalue weighted by molar-refractivity contribution is 5.61. The summed E-state index contributed by atoms with van der Waals surface area (Å²) < 4.78 is 4.84.